The molecule has 15 heavy (non-hydrogen) atoms. The number of aryl methyl sites for hydroxylation is 1. The largest absolute Gasteiger partial charge is 0.466 e. The zero-order valence-corrected chi connectivity index (χ0v) is 8.99. The molecule has 5 nitrogen and oxygen atoms in total. The second-order valence-electron chi connectivity index (χ2n) is 3.66. The number of anilines is 1. The van der Waals surface area contributed by atoms with Gasteiger partial charge in [-0.2, -0.15) is 5.10 Å². The lowest BCUT2D eigenvalue weighted by Crippen LogP contribution is -2.31. The van der Waals surface area contributed by atoms with Gasteiger partial charge in [0.05, 0.1) is 30.1 Å². The molecule has 2 rings (SSSR count). The maximum atomic E-state index is 11.5. The molecule has 0 saturated heterocycles. The van der Waals surface area contributed by atoms with Crippen LogP contribution in [-0.4, -0.2) is 28.9 Å². The van der Waals surface area contributed by atoms with Crippen molar-refractivity contribution >= 4 is 11.7 Å². The van der Waals surface area contributed by atoms with Gasteiger partial charge in [-0.1, -0.05) is 0 Å². The van der Waals surface area contributed by atoms with Gasteiger partial charge in [-0.05, 0) is 6.92 Å². The molecule has 1 atom stereocenters. The zero-order chi connectivity index (χ0) is 10.8. The number of carbonyl (C=O) groups excluding carboxylic acids is 1. The Hall–Kier alpha value is -1.52. The number of fused-ring (bicyclic) bond motifs is 1. The van der Waals surface area contributed by atoms with Gasteiger partial charge in [-0.3, -0.25) is 9.48 Å². The summed E-state index contributed by atoms with van der Waals surface area (Å²) < 4.78 is 6.80. The summed E-state index contributed by atoms with van der Waals surface area (Å²) in [4.78, 5) is 11.5. The van der Waals surface area contributed by atoms with E-state index in [2.05, 4.69) is 10.4 Å². The highest BCUT2D eigenvalue weighted by Gasteiger charge is 2.27. The predicted molar refractivity (Wildman–Crippen MR) is 55.5 cm³/mol. The molecule has 0 aromatic carbocycles. The fourth-order valence-corrected chi connectivity index (χ4v) is 1.82. The highest BCUT2D eigenvalue weighted by atomic mass is 16.5. The Morgan fingerprint density at radius 1 is 1.80 bits per heavy atom. The molecule has 2 heterocycles. The summed E-state index contributed by atoms with van der Waals surface area (Å²) in [6.07, 6.45) is 2.49. The van der Waals surface area contributed by atoms with Gasteiger partial charge in [0.25, 0.3) is 0 Å². The highest BCUT2D eigenvalue weighted by Crippen LogP contribution is 2.24. The van der Waals surface area contributed by atoms with Gasteiger partial charge in [-0.15, -0.1) is 0 Å². The van der Waals surface area contributed by atoms with E-state index >= 15 is 0 Å². The minimum Gasteiger partial charge on any atom is -0.466 e. The van der Waals surface area contributed by atoms with Crippen molar-refractivity contribution in [1.82, 2.24) is 9.78 Å². The quantitative estimate of drug-likeness (QED) is 0.723. The number of nitrogens with zero attached hydrogens (tertiary/aromatic N) is 2. The van der Waals surface area contributed by atoms with Crippen LogP contribution in [0.1, 0.15) is 12.6 Å². The van der Waals surface area contributed by atoms with Crippen LogP contribution in [-0.2, 0) is 23.0 Å². The van der Waals surface area contributed by atoms with Crippen LogP contribution in [0.5, 0.6) is 0 Å². The van der Waals surface area contributed by atoms with Crippen LogP contribution in [0, 0.1) is 5.92 Å². The number of carbonyl (C=O) groups is 1. The third-order valence-corrected chi connectivity index (χ3v) is 2.66. The van der Waals surface area contributed by atoms with Crippen LogP contribution in [0.2, 0.25) is 0 Å². The predicted octanol–water partition coefficient (Wildman–Crippen LogP) is 0.567. The second-order valence-corrected chi connectivity index (χ2v) is 3.66. The molecular formula is C10H15N3O2. The minimum absolute atomic E-state index is 0.0900. The fraction of sp³-hybridized carbons (Fsp3) is 0.600. The molecule has 1 aromatic rings. The van der Waals surface area contributed by atoms with Crippen molar-refractivity contribution in [3.63, 3.8) is 0 Å². The lowest BCUT2D eigenvalue weighted by atomic mass is 9.99. The van der Waals surface area contributed by atoms with E-state index in [4.69, 9.17) is 4.74 Å². The standard InChI is InChI=1S/C10H15N3O2/c1-3-15-10(14)7-4-9-8(11-5-7)6-12-13(9)2/h6-7,11H,3-5H2,1-2H3. The summed E-state index contributed by atoms with van der Waals surface area (Å²) in [7, 11) is 1.88. The molecule has 0 amide bonds. The first-order valence-corrected chi connectivity index (χ1v) is 5.13. The third kappa shape index (κ3) is 1.82. The number of hydrogen-bond donors (Lipinski definition) is 1. The first-order valence-electron chi connectivity index (χ1n) is 5.13. The summed E-state index contributed by atoms with van der Waals surface area (Å²) in [5, 5.41) is 7.33. The van der Waals surface area contributed by atoms with Crippen LogP contribution >= 0.6 is 0 Å². The molecule has 82 valence electrons. The first kappa shape index (κ1) is 10.0. The third-order valence-electron chi connectivity index (χ3n) is 2.66. The van der Waals surface area contributed by atoms with Crippen LogP contribution in [0.3, 0.4) is 0 Å². The molecule has 1 aliphatic heterocycles. The average molecular weight is 209 g/mol. The van der Waals surface area contributed by atoms with Gasteiger partial charge in [0.2, 0.25) is 0 Å². The Kier molecular flexibility index (Phi) is 2.62. The van der Waals surface area contributed by atoms with Crippen molar-refractivity contribution in [3.8, 4) is 0 Å². The average Bonchev–Trinajstić information content (AvgIpc) is 2.60. The maximum Gasteiger partial charge on any atom is 0.311 e. The molecule has 0 bridgehead atoms. The van der Waals surface area contributed by atoms with Crippen molar-refractivity contribution < 1.29 is 9.53 Å². The number of nitrogens with one attached hydrogen (secondary N) is 1. The molecule has 0 radical (unpaired) electrons. The fourth-order valence-electron chi connectivity index (χ4n) is 1.82. The van der Waals surface area contributed by atoms with Crippen LogP contribution in [0.4, 0.5) is 5.69 Å². The second kappa shape index (κ2) is 3.92. The van der Waals surface area contributed by atoms with Crippen LogP contribution in [0.25, 0.3) is 0 Å². The zero-order valence-electron chi connectivity index (χ0n) is 8.99. The summed E-state index contributed by atoms with van der Waals surface area (Å²) >= 11 is 0. The maximum absolute atomic E-state index is 11.5. The van der Waals surface area contributed by atoms with Crippen LogP contribution < -0.4 is 5.32 Å². The van der Waals surface area contributed by atoms with Crippen molar-refractivity contribution in [2.75, 3.05) is 18.5 Å². The van der Waals surface area contributed by atoms with Crippen molar-refractivity contribution in [2.45, 2.75) is 13.3 Å². The normalized spacial score (nSPS) is 19.2. The molecular weight excluding hydrogens is 194 g/mol. The van der Waals surface area contributed by atoms with E-state index in [1.54, 1.807) is 10.9 Å². The summed E-state index contributed by atoms with van der Waals surface area (Å²) in [6.45, 7) is 2.90. The van der Waals surface area contributed by atoms with Gasteiger partial charge in [0.15, 0.2) is 0 Å². The van der Waals surface area contributed by atoms with Crippen molar-refractivity contribution in [1.29, 1.82) is 0 Å². The smallest absolute Gasteiger partial charge is 0.311 e. The van der Waals surface area contributed by atoms with Crippen molar-refractivity contribution in [2.24, 2.45) is 13.0 Å². The lowest BCUT2D eigenvalue weighted by Gasteiger charge is -2.22. The Morgan fingerprint density at radius 2 is 2.60 bits per heavy atom. The van der Waals surface area contributed by atoms with Crippen LogP contribution in [0.15, 0.2) is 6.20 Å². The minimum atomic E-state index is -0.128. The van der Waals surface area contributed by atoms with Gasteiger partial charge in [0, 0.05) is 20.0 Å². The van der Waals surface area contributed by atoms with Crippen molar-refractivity contribution in [3.05, 3.63) is 11.9 Å². The topological polar surface area (TPSA) is 56.1 Å². The number of rotatable bonds is 2. The van der Waals surface area contributed by atoms with E-state index in [-0.39, 0.29) is 11.9 Å². The van der Waals surface area contributed by atoms with E-state index < -0.39 is 0 Å². The van der Waals surface area contributed by atoms with Gasteiger partial charge in [-0.25, -0.2) is 0 Å². The summed E-state index contributed by atoms with van der Waals surface area (Å²) in [5.41, 5.74) is 2.09. The lowest BCUT2D eigenvalue weighted by molar-refractivity contribution is -0.147. The Morgan fingerprint density at radius 3 is 3.33 bits per heavy atom. The number of ether oxygens (including phenoxy) is 1. The van der Waals surface area contributed by atoms with Gasteiger partial charge >= 0.3 is 5.97 Å². The molecule has 1 aliphatic rings. The molecule has 1 unspecified atom stereocenters. The summed E-state index contributed by atoms with van der Waals surface area (Å²) in [5.74, 6) is -0.218. The number of aromatic nitrogens is 2. The van der Waals surface area contributed by atoms with E-state index in [0.717, 1.165) is 11.4 Å². The van der Waals surface area contributed by atoms with E-state index in [1.807, 2.05) is 14.0 Å². The SMILES string of the molecule is CCOC(=O)C1CNc2cnn(C)c2C1. The molecule has 0 aliphatic carbocycles. The van der Waals surface area contributed by atoms with Gasteiger partial charge < -0.3 is 10.1 Å². The molecule has 0 fully saturated rings. The summed E-state index contributed by atoms with van der Waals surface area (Å²) in [6, 6.07) is 0. The molecule has 0 spiro atoms. The Labute approximate surface area is 88.4 Å². The van der Waals surface area contributed by atoms with E-state index in [0.29, 0.717) is 19.6 Å². The van der Waals surface area contributed by atoms with E-state index in [1.165, 1.54) is 0 Å². The molecule has 5 heteroatoms. The molecule has 0 saturated carbocycles. The highest BCUT2D eigenvalue weighted by molar-refractivity contribution is 5.75. The first-order chi connectivity index (χ1) is 7.22. The Bertz CT molecular complexity index is 373. The van der Waals surface area contributed by atoms with E-state index in [9.17, 15) is 4.79 Å². The molecule has 1 aromatic heterocycles. The number of hydrogen-bond acceptors (Lipinski definition) is 4. The monoisotopic (exact) mass is 209 g/mol. The van der Waals surface area contributed by atoms with Gasteiger partial charge in [0.1, 0.15) is 0 Å². The Balaban J connectivity index is 2.11. The number of esters is 1. The molecule has 1 N–H and O–H groups in total.